The van der Waals surface area contributed by atoms with E-state index in [-0.39, 0.29) is 11.7 Å². The summed E-state index contributed by atoms with van der Waals surface area (Å²) in [6.45, 7) is 3.84. The molecule has 128 valence electrons. The summed E-state index contributed by atoms with van der Waals surface area (Å²) in [7, 11) is 1.59. The Balaban J connectivity index is 2.01. The van der Waals surface area contributed by atoms with Crippen LogP contribution >= 0.6 is 11.3 Å². The van der Waals surface area contributed by atoms with Gasteiger partial charge in [0.1, 0.15) is 5.82 Å². The Morgan fingerprint density at radius 3 is 2.80 bits per heavy atom. The molecule has 1 heterocycles. The fourth-order valence-corrected chi connectivity index (χ4v) is 3.96. The number of carbonyl (C=O) groups excluding carboxylic acids is 1. The van der Waals surface area contributed by atoms with Crippen molar-refractivity contribution in [3.63, 3.8) is 0 Å². The number of nitrogens with zero attached hydrogens (tertiary/aromatic N) is 2. The summed E-state index contributed by atoms with van der Waals surface area (Å²) in [5.74, 6) is -0.575. The van der Waals surface area contributed by atoms with Crippen molar-refractivity contribution in [3.8, 4) is 0 Å². The second kappa shape index (κ2) is 7.15. The number of hydrogen-bond acceptors (Lipinski definition) is 3. The lowest BCUT2D eigenvalue weighted by Crippen LogP contribution is -2.29. The first-order valence-corrected chi connectivity index (χ1v) is 8.81. The standard InChI is InChI=1S/C20H19FN2OS/c1-13-8-15(21)10-16(9-13)23(12-22-3)20(24)19-11-17-14(2)6-4-5-7-18(17)25-19/h4-6,8-12H,7H2,1-3H3. The van der Waals surface area contributed by atoms with E-state index in [1.807, 2.05) is 25.1 Å². The van der Waals surface area contributed by atoms with E-state index in [1.54, 1.807) is 20.0 Å². The Morgan fingerprint density at radius 2 is 2.08 bits per heavy atom. The molecule has 3 nitrogen and oxygen atoms in total. The maximum atomic E-state index is 13.8. The van der Waals surface area contributed by atoms with Crippen LogP contribution in [-0.2, 0) is 6.42 Å². The summed E-state index contributed by atoms with van der Waals surface area (Å²) in [5.41, 5.74) is 3.46. The van der Waals surface area contributed by atoms with E-state index < -0.39 is 0 Å². The normalized spacial score (nSPS) is 13.5. The van der Waals surface area contributed by atoms with Crippen molar-refractivity contribution < 1.29 is 9.18 Å². The molecule has 0 saturated heterocycles. The third kappa shape index (κ3) is 3.61. The lowest BCUT2D eigenvalue weighted by molar-refractivity contribution is 0.101. The Morgan fingerprint density at radius 1 is 1.28 bits per heavy atom. The molecule has 0 unspecified atom stereocenters. The first kappa shape index (κ1) is 17.3. The van der Waals surface area contributed by atoms with Crippen LogP contribution in [0.2, 0.25) is 0 Å². The molecule has 3 rings (SSSR count). The van der Waals surface area contributed by atoms with E-state index >= 15 is 0 Å². The third-order valence-corrected chi connectivity index (χ3v) is 5.13. The number of rotatable bonds is 3. The number of amides is 1. The molecule has 1 aromatic carbocycles. The van der Waals surface area contributed by atoms with Crippen LogP contribution in [0.4, 0.5) is 10.1 Å². The van der Waals surface area contributed by atoms with Crippen LogP contribution in [-0.4, -0.2) is 19.3 Å². The van der Waals surface area contributed by atoms with Crippen molar-refractivity contribution in [1.82, 2.24) is 0 Å². The molecular formula is C20H19FN2OS. The molecule has 1 amide bonds. The Kier molecular flexibility index (Phi) is 4.95. The Bertz CT molecular complexity index is 888. The number of halogens is 1. The van der Waals surface area contributed by atoms with Crippen molar-refractivity contribution >= 4 is 34.8 Å². The summed E-state index contributed by atoms with van der Waals surface area (Å²) < 4.78 is 13.8. The summed E-state index contributed by atoms with van der Waals surface area (Å²) in [6, 6.07) is 6.47. The van der Waals surface area contributed by atoms with E-state index in [9.17, 15) is 9.18 Å². The van der Waals surface area contributed by atoms with Crippen LogP contribution in [0.15, 0.2) is 47.5 Å². The number of allylic oxidation sites excluding steroid dienone is 4. The maximum absolute atomic E-state index is 13.8. The van der Waals surface area contributed by atoms with E-state index in [0.29, 0.717) is 10.6 Å². The first-order valence-electron chi connectivity index (χ1n) is 7.99. The van der Waals surface area contributed by atoms with Crippen LogP contribution in [0, 0.1) is 12.7 Å². The molecule has 0 atom stereocenters. The van der Waals surface area contributed by atoms with Gasteiger partial charge in [0.05, 0.1) is 16.9 Å². The number of anilines is 1. The molecule has 2 aromatic rings. The van der Waals surface area contributed by atoms with Gasteiger partial charge in [-0.2, -0.15) is 0 Å². The van der Waals surface area contributed by atoms with Crippen molar-refractivity contribution in [2.45, 2.75) is 20.3 Å². The highest BCUT2D eigenvalue weighted by Gasteiger charge is 2.22. The van der Waals surface area contributed by atoms with Gasteiger partial charge in [-0.25, -0.2) is 4.39 Å². The van der Waals surface area contributed by atoms with Gasteiger partial charge in [-0.05, 0) is 54.8 Å². The van der Waals surface area contributed by atoms with Crippen LogP contribution in [0.25, 0.3) is 5.57 Å². The molecule has 1 aromatic heterocycles. The second-order valence-corrected chi connectivity index (χ2v) is 7.10. The van der Waals surface area contributed by atoms with Crippen LogP contribution in [0.5, 0.6) is 0 Å². The summed E-state index contributed by atoms with van der Waals surface area (Å²) in [4.78, 5) is 20.2. The second-order valence-electron chi connectivity index (χ2n) is 5.97. The number of aliphatic imine (C=N–C) groups is 1. The molecule has 0 bridgehead atoms. The number of aryl methyl sites for hydroxylation is 1. The smallest absolute Gasteiger partial charge is 0.273 e. The molecule has 0 fully saturated rings. The van der Waals surface area contributed by atoms with Gasteiger partial charge in [-0.3, -0.25) is 14.7 Å². The molecule has 0 N–H and O–H groups in total. The quantitative estimate of drug-likeness (QED) is 0.563. The van der Waals surface area contributed by atoms with Crippen LogP contribution < -0.4 is 4.90 Å². The monoisotopic (exact) mass is 354 g/mol. The highest BCUT2D eigenvalue weighted by molar-refractivity contribution is 7.14. The SMILES string of the molecule is CN=CN(C(=O)c1cc2c(s1)CC=CC=C2C)c1cc(C)cc(F)c1. The van der Waals surface area contributed by atoms with Gasteiger partial charge < -0.3 is 0 Å². The molecule has 5 heteroatoms. The number of hydrogen-bond donors (Lipinski definition) is 0. The van der Waals surface area contributed by atoms with Crippen molar-refractivity contribution in [1.29, 1.82) is 0 Å². The lowest BCUT2D eigenvalue weighted by Gasteiger charge is -2.17. The fourth-order valence-electron chi connectivity index (χ4n) is 2.82. The third-order valence-electron chi connectivity index (χ3n) is 3.98. The van der Waals surface area contributed by atoms with E-state index in [4.69, 9.17) is 0 Å². The van der Waals surface area contributed by atoms with Gasteiger partial charge in [0, 0.05) is 18.3 Å². The highest BCUT2D eigenvalue weighted by atomic mass is 32.1. The fraction of sp³-hybridized carbons (Fsp3) is 0.200. The van der Waals surface area contributed by atoms with Gasteiger partial charge in [0.2, 0.25) is 0 Å². The summed E-state index contributed by atoms with van der Waals surface area (Å²) in [5, 5.41) is 0. The van der Waals surface area contributed by atoms with Gasteiger partial charge in [0.25, 0.3) is 5.91 Å². The average Bonchev–Trinajstić information content (AvgIpc) is 2.91. The first-order chi connectivity index (χ1) is 12.0. The predicted molar refractivity (Wildman–Crippen MR) is 103 cm³/mol. The van der Waals surface area contributed by atoms with Crippen molar-refractivity contribution in [2.24, 2.45) is 4.99 Å². The average molecular weight is 354 g/mol. The molecular weight excluding hydrogens is 335 g/mol. The minimum atomic E-state index is -0.372. The van der Waals surface area contributed by atoms with E-state index in [2.05, 4.69) is 11.1 Å². The zero-order chi connectivity index (χ0) is 18.0. The molecule has 0 saturated carbocycles. The molecule has 0 spiro atoms. The van der Waals surface area contributed by atoms with Crippen LogP contribution in [0.3, 0.4) is 0 Å². The zero-order valence-corrected chi connectivity index (χ0v) is 15.2. The minimum absolute atomic E-state index is 0.203. The van der Waals surface area contributed by atoms with Gasteiger partial charge >= 0.3 is 0 Å². The number of benzene rings is 1. The summed E-state index contributed by atoms with van der Waals surface area (Å²) in [6.07, 6.45) is 8.41. The minimum Gasteiger partial charge on any atom is -0.278 e. The Labute approximate surface area is 150 Å². The number of fused-ring (bicyclic) bond motifs is 1. The molecule has 0 radical (unpaired) electrons. The van der Waals surface area contributed by atoms with Gasteiger partial charge in [-0.15, -0.1) is 11.3 Å². The molecule has 25 heavy (non-hydrogen) atoms. The van der Waals surface area contributed by atoms with Crippen LogP contribution in [0.1, 0.15) is 32.6 Å². The summed E-state index contributed by atoms with van der Waals surface area (Å²) >= 11 is 1.48. The van der Waals surface area contributed by atoms with Crippen molar-refractivity contribution in [3.05, 3.63) is 69.2 Å². The van der Waals surface area contributed by atoms with Crippen molar-refractivity contribution in [2.75, 3.05) is 11.9 Å². The molecule has 1 aliphatic rings. The number of thiophene rings is 1. The van der Waals surface area contributed by atoms with Gasteiger partial charge in [-0.1, -0.05) is 18.2 Å². The topological polar surface area (TPSA) is 32.7 Å². The molecule has 1 aliphatic carbocycles. The largest absolute Gasteiger partial charge is 0.278 e. The highest BCUT2D eigenvalue weighted by Crippen LogP contribution is 2.32. The molecule has 0 aliphatic heterocycles. The maximum Gasteiger partial charge on any atom is 0.273 e. The zero-order valence-electron chi connectivity index (χ0n) is 14.4. The number of carbonyl (C=O) groups is 1. The Hall–Kier alpha value is -2.53. The van der Waals surface area contributed by atoms with Gasteiger partial charge in [0.15, 0.2) is 0 Å². The van der Waals surface area contributed by atoms with E-state index in [0.717, 1.165) is 28.0 Å². The lowest BCUT2D eigenvalue weighted by atomic mass is 10.1. The van der Waals surface area contributed by atoms with E-state index in [1.165, 1.54) is 34.7 Å². The predicted octanol–water partition coefficient (Wildman–Crippen LogP) is 5.02.